The zero-order chi connectivity index (χ0) is 14.4. The van der Waals surface area contributed by atoms with Crippen LogP contribution in [0.1, 0.15) is 5.56 Å². The molecule has 0 saturated carbocycles. The van der Waals surface area contributed by atoms with Gasteiger partial charge in [-0.2, -0.15) is 5.10 Å². The van der Waals surface area contributed by atoms with Crippen LogP contribution in [0.25, 0.3) is 0 Å². The molecule has 0 unspecified atom stereocenters. The molecule has 1 rings (SSSR count). The number of rotatable bonds is 4. The average molecular weight is 284 g/mol. The van der Waals surface area contributed by atoms with Gasteiger partial charge in [-0.25, -0.2) is 0 Å². The van der Waals surface area contributed by atoms with Crippen LogP contribution in [0.5, 0.6) is 11.5 Å². The SMILES string of the molecule is CNC(=S)N/N=C\c1cc(OC)c(O)c([N+](=O)[O-])c1. The highest BCUT2D eigenvalue weighted by molar-refractivity contribution is 7.80. The van der Waals surface area contributed by atoms with Gasteiger partial charge >= 0.3 is 5.69 Å². The normalized spacial score (nSPS) is 10.2. The molecule has 0 aliphatic carbocycles. The van der Waals surface area contributed by atoms with E-state index in [1.54, 1.807) is 7.05 Å². The van der Waals surface area contributed by atoms with E-state index in [9.17, 15) is 15.2 Å². The topological polar surface area (TPSA) is 109 Å². The molecule has 0 saturated heterocycles. The van der Waals surface area contributed by atoms with Crippen LogP contribution in [-0.2, 0) is 0 Å². The van der Waals surface area contributed by atoms with Gasteiger partial charge in [0.25, 0.3) is 0 Å². The highest BCUT2D eigenvalue weighted by Crippen LogP contribution is 2.36. The number of methoxy groups -OCH3 is 1. The largest absolute Gasteiger partial charge is 0.500 e. The summed E-state index contributed by atoms with van der Waals surface area (Å²) in [7, 11) is 2.92. The second-order valence-corrected chi connectivity index (χ2v) is 3.71. The number of nitrogens with one attached hydrogen (secondary N) is 2. The lowest BCUT2D eigenvalue weighted by Gasteiger charge is -2.05. The van der Waals surface area contributed by atoms with E-state index < -0.39 is 16.4 Å². The van der Waals surface area contributed by atoms with E-state index in [1.807, 2.05) is 0 Å². The Morgan fingerprint density at radius 1 is 1.63 bits per heavy atom. The minimum Gasteiger partial charge on any atom is -0.500 e. The third kappa shape index (κ3) is 3.78. The van der Waals surface area contributed by atoms with Gasteiger partial charge in [0.2, 0.25) is 5.75 Å². The Labute approximate surface area is 114 Å². The van der Waals surface area contributed by atoms with E-state index in [0.717, 1.165) is 0 Å². The zero-order valence-electron chi connectivity index (χ0n) is 10.2. The molecule has 0 fully saturated rings. The quantitative estimate of drug-likeness (QED) is 0.324. The third-order valence-electron chi connectivity index (χ3n) is 2.10. The zero-order valence-corrected chi connectivity index (χ0v) is 11.0. The summed E-state index contributed by atoms with van der Waals surface area (Å²) >= 11 is 4.80. The maximum atomic E-state index is 10.8. The molecule has 0 spiro atoms. The van der Waals surface area contributed by atoms with Gasteiger partial charge in [-0.15, -0.1) is 0 Å². The van der Waals surface area contributed by atoms with Crippen LogP contribution in [0.15, 0.2) is 17.2 Å². The van der Waals surface area contributed by atoms with Gasteiger partial charge in [0.05, 0.1) is 18.2 Å². The Balaban J connectivity index is 3.05. The minimum absolute atomic E-state index is 0.00755. The molecule has 0 aromatic heterocycles. The van der Waals surface area contributed by atoms with Gasteiger partial charge in [-0.1, -0.05) is 0 Å². The number of phenols is 1. The van der Waals surface area contributed by atoms with Gasteiger partial charge in [0.1, 0.15) is 0 Å². The number of thiocarbonyl (C=S) groups is 1. The van der Waals surface area contributed by atoms with E-state index >= 15 is 0 Å². The first-order chi connectivity index (χ1) is 8.99. The molecule has 0 aliphatic rings. The first kappa shape index (κ1) is 14.6. The number of aromatic hydroxyl groups is 1. The van der Waals surface area contributed by atoms with Gasteiger partial charge in [-0.05, 0) is 18.3 Å². The van der Waals surface area contributed by atoms with Crippen molar-refractivity contribution in [3.8, 4) is 11.5 Å². The fraction of sp³-hybridized carbons (Fsp3) is 0.200. The number of nitro groups is 1. The van der Waals surface area contributed by atoms with Gasteiger partial charge in [-0.3, -0.25) is 15.5 Å². The predicted octanol–water partition coefficient (Wildman–Crippen LogP) is 0.737. The van der Waals surface area contributed by atoms with Crippen LogP contribution in [0.4, 0.5) is 5.69 Å². The summed E-state index contributed by atoms with van der Waals surface area (Å²) in [5.74, 6) is -0.532. The van der Waals surface area contributed by atoms with E-state index in [2.05, 4.69) is 15.8 Å². The second-order valence-electron chi connectivity index (χ2n) is 3.30. The lowest BCUT2D eigenvalue weighted by atomic mass is 10.2. The highest BCUT2D eigenvalue weighted by atomic mass is 32.1. The number of hydrogen-bond acceptors (Lipinski definition) is 6. The molecule has 0 amide bonds. The van der Waals surface area contributed by atoms with E-state index in [0.29, 0.717) is 10.7 Å². The molecule has 102 valence electrons. The van der Waals surface area contributed by atoms with Crippen molar-refractivity contribution in [1.82, 2.24) is 10.7 Å². The molecule has 0 bridgehead atoms. The van der Waals surface area contributed by atoms with Crippen LogP contribution >= 0.6 is 12.2 Å². The Morgan fingerprint density at radius 2 is 2.32 bits per heavy atom. The first-order valence-corrected chi connectivity index (χ1v) is 5.46. The molecule has 19 heavy (non-hydrogen) atoms. The maximum absolute atomic E-state index is 10.8. The van der Waals surface area contributed by atoms with Crippen molar-refractivity contribution in [2.75, 3.05) is 14.2 Å². The van der Waals surface area contributed by atoms with Crippen molar-refractivity contribution in [3.05, 3.63) is 27.8 Å². The standard InChI is InChI=1S/C10H12N4O4S/c1-11-10(19)13-12-5-6-3-7(14(16)17)9(15)8(4-6)18-2/h3-5,15H,1-2H3,(H2,11,13,19)/b12-5-. The van der Waals surface area contributed by atoms with Crippen molar-refractivity contribution in [3.63, 3.8) is 0 Å². The van der Waals surface area contributed by atoms with Crippen LogP contribution in [0, 0.1) is 10.1 Å². The van der Waals surface area contributed by atoms with Crippen molar-refractivity contribution in [1.29, 1.82) is 0 Å². The molecule has 0 heterocycles. The van der Waals surface area contributed by atoms with Gasteiger partial charge < -0.3 is 15.2 Å². The lowest BCUT2D eigenvalue weighted by Crippen LogP contribution is -2.28. The molecule has 0 radical (unpaired) electrons. The summed E-state index contributed by atoms with van der Waals surface area (Å²) in [6, 6.07) is 2.58. The lowest BCUT2D eigenvalue weighted by molar-refractivity contribution is -0.386. The number of nitro benzene ring substituents is 1. The first-order valence-electron chi connectivity index (χ1n) is 5.05. The summed E-state index contributed by atoms with van der Waals surface area (Å²) in [5, 5.41) is 27.1. The van der Waals surface area contributed by atoms with E-state index in [1.165, 1.54) is 25.5 Å². The summed E-state index contributed by atoms with van der Waals surface area (Å²) in [5.41, 5.74) is 2.42. The number of phenolic OH excluding ortho intramolecular Hbond substituents is 1. The smallest absolute Gasteiger partial charge is 0.315 e. The number of hydrogen-bond donors (Lipinski definition) is 3. The van der Waals surface area contributed by atoms with Crippen LogP contribution < -0.4 is 15.5 Å². The second kappa shape index (κ2) is 6.50. The van der Waals surface area contributed by atoms with Gasteiger partial charge in [0.15, 0.2) is 10.9 Å². The Morgan fingerprint density at radius 3 is 2.84 bits per heavy atom. The summed E-state index contributed by atoms with van der Waals surface area (Å²) in [4.78, 5) is 10.1. The molecule has 1 aromatic rings. The molecule has 0 aliphatic heterocycles. The summed E-state index contributed by atoms with van der Waals surface area (Å²) in [6.45, 7) is 0. The highest BCUT2D eigenvalue weighted by Gasteiger charge is 2.19. The molecular formula is C10H12N4O4S. The van der Waals surface area contributed by atoms with Crippen molar-refractivity contribution < 1.29 is 14.8 Å². The number of ether oxygens (including phenoxy) is 1. The minimum atomic E-state index is -0.707. The van der Waals surface area contributed by atoms with Crippen molar-refractivity contribution >= 4 is 29.2 Å². The molecule has 1 aromatic carbocycles. The summed E-state index contributed by atoms with van der Waals surface area (Å²) < 4.78 is 4.85. The van der Waals surface area contributed by atoms with Crippen molar-refractivity contribution in [2.24, 2.45) is 5.10 Å². The fourth-order valence-electron chi connectivity index (χ4n) is 1.20. The Bertz CT molecular complexity index is 533. The molecule has 0 atom stereocenters. The molecular weight excluding hydrogens is 272 g/mol. The number of nitrogens with zero attached hydrogens (tertiary/aromatic N) is 2. The maximum Gasteiger partial charge on any atom is 0.315 e. The van der Waals surface area contributed by atoms with Gasteiger partial charge in [0, 0.05) is 18.7 Å². The fourth-order valence-corrected chi connectivity index (χ4v) is 1.26. The van der Waals surface area contributed by atoms with Crippen molar-refractivity contribution in [2.45, 2.75) is 0 Å². The Hall–Kier alpha value is -2.42. The van der Waals surface area contributed by atoms with Crippen LogP contribution in [-0.4, -0.2) is 35.5 Å². The molecule has 9 heteroatoms. The molecule has 8 nitrogen and oxygen atoms in total. The van der Waals surface area contributed by atoms with Crippen LogP contribution in [0.3, 0.4) is 0 Å². The Kier molecular flexibility index (Phi) is 5.01. The molecule has 3 N–H and O–H groups in total. The van der Waals surface area contributed by atoms with Crippen LogP contribution in [0.2, 0.25) is 0 Å². The third-order valence-corrected chi connectivity index (χ3v) is 2.40. The summed E-state index contributed by atoms with van der Waals surface area (Å²) in [6.07, 6.45) is 1.32. The number of benzene rings is 1. The predicted molar refractivity (Wildman–Crippen MR) is 73.7 cm³/mol. The number of hydrazone groups is 1. The van der Waals surface area contributed by atoms with E-state index in [-0.39, 0.29) is 5.75 Å². The average Bonchev–Trinajstić information content (AvgIpc) is 2.39. The monoisotopic (exact) mass is 284 g/mol. The van der Waals surface area contributed by atoms with E-state index in [4.69, 9.17) is 17.0 Å².